The third-order valence-corrected chi connectivity index (χ3v) is 3.67. The van der Waals surface area contributed by atoms with E-state index in [2.05, 4.69) is 5.32 Å². The number of carbonyl (C=O) groups excluding carboxylic acids is 1. The molecular weight excluding hydrogens is 329 g/mol. The fraction of sp³-hybridized carbons (Fsp3) is 0.0455. The lowest BCUT2D eigenvalue weighted by atomic mass is 10.2. The molecule has 0 aliphatic heterocycles. The Morgan fingerprint density at radius 1 is 0.923 bits per heavy atom. The lowest BCUT2D eigenvalue weighted by Crippen LogP contribution is -2.07. The number of hydrogen-bond acceptors (Lipinski definition) is 2. The Bertz CT molecular complexity index is 872. The van der Waals surface area contributed by atoms with Gasteiger partial charge in [-0.15, -0.1) is 0 Å². The maximum Gasteiger partial charge on any atom is 0.248 e. The fourth-order valence-corrected chi connectivity index (χ4v) is 2.31. The summed E-state index contributed by atoms with van der Waals surface area (Å²) in [5.41, 5.74) is 2.52. The third-order valence-electron chi connectivity index (χ3n) is 3.67. The van der Waals surface area contributed by atoms with Gasteiger partial charge in [0.15, 0.2) is 0 Å². The minimum atomic E-state index is -0.304. The Kier molecular flexibility index (Phi) is 5.78. The van der Waals surface area contributed by atoms with Crippen LogP contribution in [0.3, 0.4) is 0 Å². The van der Waals surface area contributed by atoms with Gasteiger partial charge in [0, 0.05) is 11.8 Å². The topological polar surface area (TPSA) is 38.3 Å². The molecule has 0 radical (unpaired) electrons. The number of anilines is 1. The molecule has 130 valence electrons. The van der Waals surface area contributed by atoms with Crippen molar-refractivity contribution in [3.63, 3.8) is 0 Å². The molecule has 0 heterocycles. The summed E-state index contributed by atoms with van der Waals surface area (Å²) in [6.45, 7) is 0.493. The highest BCUT2D eigenvalue weighted by atomic mass is 19.1. The van der Waals surface area contributed by atoms with Crippen LogP contribution in [-0.2, 0) is 11.4 Å². The molecule has 0 fully saturated rings. The maximum atomic E-state index is 12.8. The lowest BCUT2D eigenvalue weighted by Gasteiger charge is -2.07. The quantitative estimate of drug-likeness (QED) is 0.633. The van der Waals surface area contributed by atoms with E-state index in [4.69, 9.17) is 4.74 Å². The van der Waals surface area contributed by atoms with Crippen LogP contribution in [0.5, 0.6) is 5.75 Å². The summed E-state index contributed by atoms with van der Waals surface area (Å²) in [6, 6.07) is 23.0. The second-order valence-electron chi connectivity index (χ2n) is 5.67. The summed E-state index contributed by atoms with van der Waals surface area (Å²) >= 11 is 0. The molecular formula is C22H18FNO2. The van der Waals surface area contributed by atoms with E-state index in [1.54, 1.807) is 30.3 Å². The zero-order valence-corrected chi connectivity index (χ0v) is 14.1. The summed E-state index contributed by atoms with van der Waals surface area (Å²) < 4.78 is 18.6. The number of hydrogen-bond donors (Lipinski definition) is 1. The number of halogens is 1. The first kappa shape index (κ1) is 17.4. The van der Waals surface area contributed by atoms with Gasteiger partial charge in [-0.05, 0) is 53.6 Å². The van der Waals surface area contributed by atoms with Gasteiger partial charge < -0.3 is 10.1 Å². The summed E-state index contributed by atoms with van der Waals surface area (Å²) in [7, 11) is 0. The van der Waals surface area contributed by atoms with E-state index in [-0.39, 0.29) is 11.7 Å². The van der Waals surface area contributed by atoms with E-state index in [1.807, 2.05) is 42.5 Å². The van der Waals surface area contributed by atoms with Crippen molar-refractivity contribution >= 4 is 17.7 Å². The molecule has 0 spiro atoms. The van der Waals surface area contributed by atoms with Crippen molar-refractivity contribution < 1.29 is 13.9 Å². The van der Waals surface area contributed by atoms with Crippen molar-refractivity contribution in [1.29, 1.82) is 0 Å². The summed E-state index contributed by atoms with van der Waals surface area (Å²) in [6.07, 6.45) is 3.04. The Balaban J connectivity index is 1.51. The van der Waals surface area contributed by atoms with Gasteiger partial charge in [0.05, 0.1) is 0 Å². The van der Waals surface area contributed by atoms with Crippen molar-refractivity contribution in [3.05, 3.63) is 102 Å². The van der Waals surface area contributed by atoms with Gasteiger partial charge in [-0.2, -0.15) is 0 Å². The van der Waals surface area contributed by atoms with Crippen molar-refractivity contribution in [2.75, 3.05) is 5.32 Å². The predicted molar refractivity (Wildman–Crippen MR) is 101 cm³/mol. The molecule has 0 atom stereocenters. The lowest BCUT2D eigenvalue weighted by molar-refractivity contribution is -0.111. The standard InChI is InChI=1S/C22H18FNO2/c23-19-9-6-17(7-10-19)8-15-22(25)24-20-11-13-21(14-12-20)26-16-18-4-2-1-3-5-18/h1-15H,16H2,(H,24,25). The van der Waals surface area contributed by atoms with Gasteiger partial charge in [0.1, 0.15) is 18.2 Å². The van der Waals surface area contributed by atoms with E-state index in [0.717, 1.165) is 16.9 Å². The molecule has 0 aromatic heterocycles. The van der Waals surface area contributed by atoms with E-state index in [0.29, 0.717) is 12.3 Å². The molecule has 0 saturated carbocycles. The van der Waals surface area contributed by atoms with E-state index in [9.17, 15) is 9.18 Å². The number of rotatable bonds is 6. The summed E-state index contributed by atoms with van der Waals surface area (Å²) in [5, 5.41) is 2.77. The number of ether oxygens (including phenoxy) is 1. The molecule has 0 unspecified atom stereocenters. The number of nitrogens with one attached hydrogen (secondary N) is 1. The minimum absolute atomic E-state index is 0.257. The van der Waals surface area contributed by atoms with Crippen LogP contribution in [0.15, 0.2) is 84.9 Å². The summed E-state index contributed by atoms with van der Waals surface area (Å²) in [4.78, 5) is 11.9. The van der Waals surface area contributed by atoms with Gasteiger partial charge >= 0.3 is 0 Å². The first-order valence-corrected chi connectivity index (χ1v) is 8.20. The highest BCUT2D eigenvalue weighted by molar-refractivity contribution is 6.01. The maximum absolute atomic E-state index is 12.8. The van der Waals surface area contributed by atoms with E-state index >= 15 is 0 Å². The first-order valence-electron chi connectivity index (χ1n) is 8.20. The van der Waals surface area contributed by atoms with Crippen molar-refractivity contribution in [2.24, 2.45) is 0 Å². The SMILES string of the molecule is O=C(C=Cc1ccc(F)cc1)Nc1ccc(OCc2ccccc2)cc1. The van der Waals surface area contributed by atoms with Crippen molar-refractivity contribution in [3.8, 4) is 5.75 Å². The molecule has 0 saturated heterocycles. The third kappa shape index (κ3) is 5.31. The molecule has 3 aromatic carbocycles. The molecule has 3 rings (SSSR count). The van der Waals surface area contributed by atoms with Crippen molar-refractivity contribution in [2.45, 2.75) is 6.61 Å². The van der Waals surface area contributed by atoms with Gasteiger partial charge in [-0.3, -0.25) is 4.79 Å². The van der Waals surface area contributed by atoms with Crippen LogP contribution in [0.25, 0.3) is 6.08 Å². The Morgan fingerprint density at radius 2 is 1.62 bits per heavy atom. The van der Waals surface area contributed by atoms with Crippen LogP contribution in [0.2, 0.25) is 0 Å². The number of benzene rings is 3. The smallest absolute Gasteiger partial charge is 0.248 e. The number of carbonyl (C=O) groups is 1. The van der Waals surface area contributed by atoms with Gasteiger partial charge in [-0.25, -0.2) is 4.39 Å². The Hall–Kier alpha value is -3.40. The average molecular weight is 347 g/mol. The Morgan fingerprint density at radius 3 is 2.31 bits per heavy atom. The molecule has 1 N–H and O–H groups in total. The number of amides is 1. The monoisotopic (exact) mass is 347 g/mol. The molecule has 4 heteroatoms. The van der Waals surface area contributed by atoms with Gasteiger partial charge in [0.2, 0.25) is 5.91 Å². The molecule has 26 heavy (non-hydrogen) atoms. The first-order chi connectivity index (χ1) is 12.7. The molecule has 0 aliphatic carbocycles. The largest absolute Gasteiger partial charge is 0.489 e. The van der Waals surface area contributed by atoms with E-state index < -0.39 is 0 Å². The van der Waals surface area contributed by atoms with Crippen molar-refractivity contribution in [1.82, 2.24) is 0 Å². The summed E-state index contributed by atoms with van der Waals surface area (Å²) in [5.74, 6) is 0.169. The van der Waals surface area contributed by atoms with Crippen LogP contribution in [0.1, 0.15) is 11.1 Å². The fourth-order valence-electron chi connectivity index (χ4n) is 2.31. The van der Waals surface area contributed by atoms with Crippen LogP contribution in [-0.4, -0.2) is 5.91 Å². The predicted octanol–water partition coefficient (Wildman–Crippen LogP) is 5.06. The Labute approximate surface area is 151 Å². The minimum Gasteiger partial charge on any atom is -0.489 e. The average Bonchev–Trinajstić information content (AvgIpc) is 2.68. The normalized spacial score (nSPS) is 10.7. The van der Waals surface area contributed by atoms with E-state index in [1.165, 1.54) is 18.2 Å². The molecule has 0 aliphatic rings. The second-order valence-corrected chi connectivity index (χ2v) is 5.67. The van der Waals surface area contributed by atoms with Gasteiger partial charge in [-0.1, -0.05) is 42.5 Å². The molecule has 1 amide bonds. The zero-order valence-electron chi connectivity index (χ0n) is 14.1. The van der Waals surface area contributed by atoms with Crippen LogP contribution in [0.4, 0.5) is 10.1 Å². The second kappa shape index (κ2) is 8.62. The highest BCUT2D eigenvalue weighted by Gasteiger charge is 2.00. The molecule has 3 aromatic rings. The van der Waals surface area contributed by atoms with Gasteiger partial charge in [0.25, 0.3) is 0 Å². The van der Waals surface area contributed by atoms with Crippen LogP contribution < -0.4 is 10.1 Å². The van der Waals surface area contributed by atoms with Crippen LogP contribution >= 0.6 is 0 Å². The van der Waals surface area contributed by atoms with Crippen LogP contribution in [0, 0.1) is 5.82 Å². The molecule has 0 bridgehead atoms. The zero-order chi connectivity index (χ0) is 18.2. The highest BCUT2D eigenvalue weighted by Crippen LogP contribution is 2.17. The molecule has 3 nitrogen and oxygen atoms in total.